The van der Waals surface area contributed by atoms with Gasteiger partial charge in [-0.3, -0.25) is 19.2 Å². The van der Waals surface area contributed by atoms with Crippen molar-refractivity contribution in [2.75, 3.05) is 12.3 Å². The largest absolute Gasteiger partial charge is 0.456 e. The first kappa shape index (κ1) is 32.5. The summed E-state index contributed by atoms with van der Waals surface area (Å²) in [4.78, 5) is 66.6. The van der Waals surface area contributed by atoms with Crippen molar-refractivity contribution in [3.05, 3.63) is 28.2 Å². The number of hydrogen-bond donors (Lipinski definition) is 3. The van der Waals surface area contributed by atoms with Crippen molar-refractivity contribution in [3.8, 4) is 0 Å². The maximum atomic E-state index is 13.0. The lowest BCUT2D eigenvalue weighted by molar-refractivity contribution is -0.153. The summed E-state index contributed by atoms with van der Waals surface area (Å²) < 4.78 is 5.63. The maximum absolute atomic E-state index is 13.0. The van der Waals surface area contributed by atoms with Crippen LogP contribution in [0.5, 0.6) is 0 Å². The quantitative estimate of drug-likeness (QED) is 0.205. The fourth-order valence-electron chi connectivity index (χ4n) is 3.70. The van der Waals surface area contributed by atoms with Gasteiger partial charge in [-0.05, 0) is 24.8 Å². The van der Waals surface area contributed by atoms with Crippen LogP contribution in [0.1, 0.15) is 87.6 Å². The van der Waals surface area contributed by atoms with Gasteiger partial charge in [0.25, 0.3) is 5.91 Å². The molecule has 0 aromatic carbocycles. The third kappa shape index (κ3) is 12.8. The van der Waals surface area contributed by atoms with Gasteiger partial charge in [0.05, 0.1) is 19.5 Å². The summed E-state index contributed by atoms with van der Waals surface area (Å²) >= 11 is 2.51. The Morgan fingerprint density at radius 1 is 1.13 bits per heavy atom. The third-order valence-electron chi connectivity index (χ3n) is 5.90. The van der Waals surface area contributed by atoms with Crippen LogP contribution < -0.4 is 16.0 Å². The molecule has 39 heavy (non-hydrogen) atoms. The number of cyclic esters (lactones) is 1. The molecule has 1 aromatic rings. The van der Waals surface area contributed by atoms with Crippen LogP contribution in [0, 0.1) is 5.92 Å². The zero-order chi connectivity index (χ0) is 28.6. The average Bonchev–Trinajstić information content (AvgIpc) is 3.37. The molecule has 216 valence electrons. The molecular formula is C27H40N4O6S2. The lowest BCUT2D eigenvalue weighted by Crippen LogP contribution is -2.49. The summed E-state index contributed by atoms with van der Waals surface area (Å²) in [7, 11) is 0. The monoisotopic (exact) mass is 580 g/mol. The van der Waals surface area contributed by atoms with Gasteiger partial charge >= 0.3 is 5.97 Å². The second-order valence-corrected chi connectivity index (χ2v) is 11.8. The Morgan fingerprint density at radius 2 is 1.90 bits per heavy atom. The van der Waals surface area contributed by atoms with Crippen LogP contribution in [0.2, 0.25) is 0 Å². The van der Waals surface area contributed by atoms with Gasteiger partial charge in [-0.1, -0.05) is 64.3 Å². The first-order chi connectivity index (χ1) is 18.7. The Morgan fingerprint density at radius 3 is 2.64 bits per heavy atom. The Labute approximate surface area is 238 Å². The van der Waals surface area contributed by atoms with E-state index < -0.39 is 29.9 Å². The lowest BCUT2D eigenvalue weighted by Gasteiger charge is -2.23. The molecule has 0 fully saturated rings. The molecule has 12 heteroatoms. The molecule has 2 atom stereocenters. The molecule has 2 heterocycles. The summed E-state index contributed by atoms with van der Waals surface area (Å²) in [5, 5.41) is 10.1. The van der Waals surface area contributed by atoms with E-state index in [1.165, 1.54) is 35.9 Å². The molecule has 0 saturated carbocycles. The SMILES string of the molecule is CCCCCCCC(=O)SCC/C=C/[C@@H]1CC(=O)NCc2nc(cs2)C(=O)NCC(=O)N[C@@H](C(C)C)C(=O)O1. The number of carbonyl (C=O) groups excluding carboxylic acids is 5. The van der Waals surface area contributed by atoms with E-state index in [4.69, 9.17) is 4.74 Å². The van der Waals surface area contributed by atoms with Gasteiger partial charge in [-0.25, -0.2) is 9.78 Å². The van der Waals surface area contributed by atoms with Crippen LogP contribution >= 0.6 is 23.1 Å². The number of amides is 3. The van der Waals surface area contributed by atoms with Crippen LogP contribution in [-0.4, -0.2) is 58.2 Å². The number of allylic oxidation sites excluding steroid dienone is 1. The van der Waals surface area contributed by atoms with Crippen LogP contribution in [0.25, 0.3) is 0 Å². The average molecular weight is 581 g/mol. The fraction of sp³-hybridized carbons (Fsp3) is 0.630. The second kappa shape index (κ2) is 17.8. The van der Waals surface area contributed by atoms with Gasteiger partial charge in [0.1, 0.15) is 22.8 Å². The highest BCUT2D eigenvalue weighted by atomic mass is 32.2. The molecule has 2 bridgehead atoms. The number of carbonyl (C=O) groups is 5. The van der Waals surface area contributed by atoms with Gasteiger partial charge in [0, 0.05) is 17.6 Å². The minimum absolute atomic E-state index is 0.119. The number of rotatable bonds is 11. The smallest absolute Gasteiger partial charge is 0.329 e. The number of nitrogens with zero attached hydrogens (tertiary/aromatic N) is 1. The molecule has 0 saturated heterocycles. The molecule has 0 spiro atoms. The van der Waals surface area contributed by atoms with Crippen LogP contribution in [0.15, 0.2) is 17.5 Å². The molecule has 3 N–H and O–H groups in total. The maximum Gasteiger partial charge on any atom is 0.329 e. The molecule has 1 aliphatic heterocycles. The number of nitrogens with one attached hydrogen (secondary N) is 3. The normalized spacial score (nSPS) is 19.5. The zero-order valence-corrected chi connectivity index (χ0v) is 24.6. The van der Waals surface area contributed by atoms with Gasteiger partial charge in [0.15, 0.2) is 5.12 Å². The molecule has 0 aliphatic carbocycles. The first-order valence-electron chi connectivity index (χ1n) is 13.5. The highest BCUT2D eigenvalue weighted by molar-refractivity contribution is 8.13. The van der Waals surface area contributed by atoms with E-state index in [2.05, 4.69) is 27.9 Å². The Bertz CT molecular complexity index is 1010. The summed E-state index contributed by atoms with van der Waals surface area (Å²) in [5.74, 6) is -1.79. The highest BCUT2D eigenvalue weighted by Crippen LogP contribution is 2.15. The Hall–Kier alpha value is -2.73. The van der Waals surface area contributed by atoms with Gasteiger partial charge < -0.3 is 20.7 Å². The number of ether oxygens (including phenoxy) is 1. The Kier molecular flexibility index (Phi) is 14.8. The van der Waals surface area contributed by atoms with Crippen molar-refractivity contribution in [3.63, 3.8) is 0 Å². The fourth-order valence-corrected chi connectivity index (χ4v) is 5.19. The minimum atomic E-state index is -0.961. The van der Waals surface area contributed by atoms with Crippen molar-refractivity contribution >= 4 is 51.9 Å². The second-order valence-electron chi connectivity index (χ2n) is 9.66. The third-order valence-corrected chi connectivity index (χ3v) is 7.72. The predicted molar refractivity (Wildman–Crippen MR) is 152 cm³/mol. The molecule has 3 amide bonds. The molecule has 1 aliphatic rings. The van der Waals surface area contributed by atoms with E-state index in [1.54, 1.807) is 31.4 Å². The summed E-state index contributed by atoms with van der Waals surface area (Å²) in [5.41, 5.74) is 0.151. The first-order valence-corrected chi connectivity index (χ1v) is 15.4. The van der Waals surface area contributed by atoms with Crippen molar-refractivity contribution < 1.29 is 28.7 Å². The molecule has 0 radical (unpaired) electrons. The van der Waals surface area contributed by atoms with E-state index >= 15 is 0 Å². The van der Waals surface area contributed by atoms with E-state index in [1.807, 2.05) is 0 Å². The van der Waals surface area contributed by atoms with Crippen molar-refractivity contribution in [2.24, 2.45) is 5.92 Å². The molecule has 2 rings (SSSR count). The van der Waals surface area contributed by atoms with Gasteiger partial charge in [-0.15, -0.1) is 11.3 Å². The molecular weight excluding hydrogens is 540 g/mol. The molecule has 1 aromatic heterocycles. The van der Waals surface area contributed by atoms with E-state index in [-0.39, 0.29) is 42.1 Å². The molecule has 0 unspecified atom stereocenters. The Balaban J connectivity index is 2.00. The van der Waals surface area contributed by atoms with Crippen molar-refractivity contribution in [1.82, 2.24) is 20.9 Å². The zero-order valence-electron chi connectivity index (χ0n) is 23.0. The van der Waals surface area contributed by atoms with E-state index in [9.17, 15) is 24.0 Å². The number of hydrogen-bond acceptors (Lipinski definition) is 9. The minimum Gasteiger partial charge on any atom is -0.456 e. The number of esters is 1. The van der Waals surface area contributed by atoms with Crippen LogP contribution in [0.3, 0.4) is 0 Å². The van der Waals surface area contributed by atoms with Crippen molar-refractivity contribution in [2.45, 2.75) is 90.8 Å². The van der Waals surface area contributed by atoms with Crippen LogP contribution in [0.4, 0.5) is 0 Å². The lowest BCUT2D eigenvalue weighted by atomic mass is 10.0. The standard InChI is InChI=1S/C27H40N4O6S2/c1-4-5-6-7-8-12-24(34)38-13-10-9-11-19-14-21(32)28-16-23-30-20(17-39-23)26(35)29-15-22(33)31-25(18(2)3)27(36)37-19/h9,11,17-19,25H,4-8,10,12-16H2,1-3H3,(H,28,32)(H,29,35)(H,31,33)/b11-9+/t19-,25+/m1/s1. The number of aromatic nitrogens is 1. The summed E-state index contributed by atoms with van der Waals surface area (Å²) in [6, 6.07) is -0.961. The van der Waals surface area contributed by atoms with E-state index in [0.717, 1.165) is 19.3 Å². The summed E-state index contributed by atoms with van der Waals surface area (Å²) in [6.07, 6.45) is 9.15. The van der Waals surface area contributed by atoms with E-state index in [0.29, 0.717) is 23.6 Å². The predicted octanol–water partition coefficient (Wildman–Crippen LogP) is 3.51. The van der Waals surface area contributed by atoms with Gasteiger partial charge in [-0.2, -0.15) is 0 Å². The van der Waals surface area contributed by atoms with Gasteiger partial charge in [0.2, 0.25) is 11.8 Å². The number of unbranched alkanes of at least 4 members (excludes halogenated alkanes) is 4. The number of thiazole rings is 1. The topological polar surface area (TPSA) is 144 Å². The van der Waals surface area contributed by atoms with Crippen LogP contribution in [-0.2, 0) is 30.5 Å². The highest BCUT2D eigenvalue weighted by Gasteiger charge is 2.28. The number of thioether (sulfide) groups is 1. The molecule has 10 nitrogen and oxygen atoms in total. The number of fused-ring (bicyclic) bond motifs is 2. The van der Waals surface area contributed by atoms with Crippen molar-refractivity contribution in [1.29, 1.82) is 0 Å². The summed E-state index contributed by atoms with van der Waals surface area (Å²) in [6.45, 7) is 5.47.